The maximum atomic E-state index is 3.79. The van der Waals surface area contributed by atoms with E-state index in [1.807, 2.05) is 35.0 Å². The fraction of sp³-hybridized carbons (Fsp3) is 0.250. The minimum Gasteiger partial charge on any atom is -0.358 e. The van der Waals surface area contributed by atoms with Crippen LogP contribution in [0.25, 0.3) is 0 Å². The molecule has 0 atom stereocenters. The fourth-order valence-electron chi connectivity index (χ4n) is 0.812. The van der Waals surface area contributed by atoms with E-state index in [0.29, 0.717) is 0 Å². The van der Waals surface area contributed by atoms with Crippen LogP contribution in [0.2, 0.25) is 0 Å². The van der Waals surface area contributed by atoms with Crippen molar-refractivity contribution in [1.82, 2.24) is 2.71 Å². The number of hydrogen-bond donors (Lipinski definition) is 0. The average molecular weight is 583 g/mol. The molecule has 0 saturated heterocycles. The van der Waals surface area contributed by atoms with Gasteiger partial charge in [0.1, 0.15) is 0 Å². The monoisotopic (exact) mass is 584 g/mol. The Hall–Kier alpha value is 0.590. The van der Waals surface area contributed by atoms with E-state index in [0.717, 1.165) is 32.6 Å². The van der Waals surface area contributed by atoms with E-state index in [-0.39, 0.29) is 28.5 Å². The Morgan fingerprint density at radius 3 is 1.88 bits per heavy atom. The van der Waals surface area contributed by atoms with Gasteiger partial charge in [-0.2, -0.15) is 0 Å². The molecule has 1 aromatic carbocycles. The first-order chi connectivity index (χ1) is 6.57. The summed E-state index contributed by atoms with van der Waals surface area (Å²) in [6, 6.07) is 10.2. The summed E-state index contributed by atoms with van der Waals surface area (Å²) in [4.78, 5) is 2.10. The van der Waals surface area contributed by atoms with Crippen LogP contribution < -0.4 is 4.90 Å². The van der Waals surface area contributed by atoms with Crippen LogP contribution in [0.1, 0.15) is 0 Å². The zero-order valence-corrected chi connectivity index (χ0v) is 17.1. The molecule has 0 spiro atoms. The Morgan fingerprint density at radius 1 is 1.19 bits per heavy atom. The number of rotatable bonds is 2. The molecular formula is C12H20N2PbW-3. The van der Waals surface area contributed by atoms with Crippen molar-refractivity contribution in [2.75, 3.05) is 25.5 Å². The zero-order chi connectivity index (χ0) is 11.0. The number of benzene rings is 1. The van der Waals surface area contributed by atoms with Gasteiger partial charge in [-0.25, -0.2) is 0 Å². The van der Waals surface area contributed by atoms with Gasteiger partial charge in [-0.1, -0.05) is 18.2 Å². The largest absolute Gasteiger partial charge is 0.358 e. The van der Waals surface area contributed by atoms with E-state index in [9.17, 15) is 0 Å². The van der Waals surface area contributed by atoms with E-state index in [1.54, 1.807) is 0 Å². The summed E-state index contributed by atoms with van der Waals surface area (Å²) in [5.74, 6) is 0. The summed E-state index contributed by atoms with van der Waals surface area (Å²) in [6.45, 7) is 4.60. The minimum absolute atomic E-state index is 0. The van der Waals surface area contributed by atoms with Crippen LogP contribution in [0.4, 0.5) is 5.69 Å². The number of para-hydroxylation sites is 1. The third-order valence-corrected chi connectivity index (χ3v) is 1.53. The molecule has 0 bridgehead atoms. The van der Waals surface area contributed by atoms with Gasteiger partial charge >= 0.3 is 42.9 Å². The van der Waals surface area contributed by atoms with E-state index in [2.05, 4.69) is 31.0 Å². The summed E-state index contributed by atoms with van der Waals surface area (Å²) < 4.78 is 1.89. The predicted molar refractivity (Wildman–Crippen MR) is 70.4 cm³/mol. The first-order valence-corrected chi connectivity index (χ1v) is 6.12. The molecule has 4 heteroatoms. The van der Waals surface area contributed by atoms with Gasteiger partial charge in [0.05, 0.1) is 0 Å². The van der Waals surface area contributed by atoms with Gasteiger partial charge in [-0.15, -0.1) is 6.54 Å². The molecule has 0 amide bonds. The Balaban J connectivity index is -0.000000249. The molecule has 1 aromatic rings. The topological polar surface area (TPSA) is 6.48 Å². The second kappa shape index (κ2) is 13.7. The number of hydrogen-bond acceptors (Lipinski definition) is 2. The molecule has 0 aromatic heterocycles. The van der Waals surface area contributed by atoms with Crippen LogP contribution in [0, 0.1) is 21.4 Å². The van der Waals surface area contributed by atoms with Crippen molar-refractivity contribution in [1.29, 1.82) is 0 Å². The molecule has 0 unspecified atom stereocenters. The number of nitrogens with zero attached hydrogens (tertiary/aromatic N) is 2. The summed E-state index contributed by atoms with van der Waals surface area (Å²) >= 11 is 1.07. The van der Waals surface area contributed by atoms with Gasteiger partial charge in [-0.05, 0) is 12.1 Å². The molecule has 0 heterocycles. The second-order valence-electron chi connectivity index (χ2n) is 2.96. The first kappa shape index (κ1) is 21.8. The van der Waals surface area contributed by atoms with Crippen LogP contribution >= 0.6 is 0 Å². The Morgan fingerprint density at radius 2 is 1.56 bits per heavy atom. The Kier molecular flexibility index (Phi) is 18.6. The van der Waals surface area contributed by atoms with E-state index in [1.165, 1.54) is 5.69 Å². The average Bonchev–Trinajstić information content (AvgIpc) is 2.17. The summed E-state index contributed by atoms with van der Waals surface area (Å²) in [7, 11) is 7.51. The van der Waals surface area contributed by atoms with Crippen LogP contribution in [0.15, 0.2) is 30.3 Å². The molecule has 0 saturated carbocycles. The third kappa shape index (κ3) is 12.7. The molecule has 3 radical (unpaired) electrons. The molecule has 1 rings (SSSR count). The fourth-order valence-corrected chi connectivity index (χ4v) is 0.812. The maximum absolute atomic E-state index is 3.79. The van der Waals surface area contributed by atoms with Crippen LogP contribution in [0.3, 0.4) is 0 Å². The van der Waals surface area contributed by atoms with Crippen molar-refractivity contribution in [2.45, 2.75) is 0 Å². The van der Waals surface area contributed by atoms with Crippen molar-refractivity contribution in [3.05, 3.63) is 51.7 Å². The van der Waals surface area contributed by atoms with Crippen molar-refractivity contribution in [2.24, 2.45) is 0 Å². The summed E-state index contributed by atoms with van der Waals surface area (Å²) in [6.07, 6.45) is 0. The normalized spacial score (nSPS) is 8.12. The molecule has 0 fully saturated rings. The molecule has 0 aliphatic carbocycles. The third-order valence-electron chi connectivity index (χ3n) is 1.53. The van der Waals surface area contributed by atoms with Crippen LogP contribution in [-0.4, -0.2) is 49.4 Å². The minimum atomic E-state index is 0. The number of anilines is 1. The van der Waals surface area contributed by atoms with E-state index >= 15 is 0 Å². The second-order valence-corrected chi connectivity index (χ2v) is 5.92. The van der Waals surface area contributed by atoms with Crippen molar-refractivity contribution < 1.29 is 21.1 Å². The quantitative estimate of drug-likeness (QED) is 0.390. The maximum Gasteiger partial charge on any atom is 0 e. The van der Waals surface area contributed by atoms with Gasteiger partial charge in [0, 0.05) is 33.8 Å². The molecule has 91 valence electrons. The first-order valence-electron chi connectivity index (χ1n) is 4.38. The van der Waals surface area contributed by atoms with Crippen molar-refractivity contribution in [3.63, 3.8) is 0 Å². The van der Waals surface area contributed by atoms with Crippen molar-refractivity contribution >= 4 is 31.8 Å². The summed E-state index contributed by atoms with van der Waals surface area (Å²) in [5.41, 5.74) is 1.22. The van der Waals surface area contributed by atoms with Gasteiger partial charge in [0.25, 0.3) is 0 Å². The van der Waals surface area contributed by atoms with Gasteiger partial charge in [0.15, 0.2) is 0 Å². The summed E-state index contributed by atoms with van der Waals surface area (Å²) in [5, 5.41) is 0. The van der Waals surface area contributed by atoms with Gasteiger partial charge < -0.3 is 19.3 Å². The smallest absolute Gasteiger partial charge is 0 e. The van der Waals surface area contributed by atoms with E-state index in [4.69, 9.17) is 0 Å². The zero-order valence-electron chi connectivity index (χ0n) is 10.3. The Bertz CT molecular complexity index is 227. The predicted octanol–water partition coefficient (Wildman–Crippen LogP) is 2.20. The van der Waals surface area contributed by atoms with Crippen LogP contribution in [0.5, 0.6) is 0 Å². The molecular weight excluding hydrogens is 563 g/mol. The van der Waals surface area contributed by atoms with Gasteiger partial charge in [0.2, 0.25) is 0 Å². The molecule has 0 aliphatic heterocycles. The van der Waals surface area contributed by atoms with Gasteiger partial charge in [-0.3, -0.25) is 0 Å². The van der Waals surface area contributed by atoms with E-state index < -0.39 is 0 Å². The molecule has 16 heavy (non-hydrogen) atoms. The molecule has 0 aliphatic rings. The molecule has 2 nitrogen and oxygen atoms in total. The Labute approximate surface area is 132 Å². The SMILES string of the molecule is [CH2-]CN(C)c1ccccc1.[CH2-][N](C)[Pb].[CH3-].[W]. The van der Waals surface area contributed by atoms with Crippen molar-refractivity contribution in [3.8, 4) is 0 Å². The standard InChI is InChI=1S/C9H12N.C2H5N.CH3.Pb.W/c1-3-10(2)9-7-5-4-6-8-9;1-3-2;;;/h4-8H,1,3H2,2H3;1H2,2H3;1H3;;/q-1;-2;-1;+1;. The van der Waals surface area contributed by atoms with Crippen LogP contribution in [-0.2, 0) is 21.1 Å². The molecule has 0 N–H and O–H groups in total.